The first-order valence-corrected chi connectivity index (χ1v) is 8.90. The number of benzene rings is 1. The minimum Gasteiger partial charge on any atom is -0.399 e. The number of carbonyl (C=O) groups excluding carboxylic acids is 1. The number of nitrogens with two attached hydrogens (primary N) is 1. The molecule has 0 spiro atoms. The number of carbonyl (C=O) groups is 1. The van der Waals surface area contributed by atoms with Crippen molar-refractivity contribution < 1.29 is 13.2 Å². The van der Waals surface area contributed by atoms with Gasteiger partial charge in [-0.2, -0.15) is 0 Å². The number of hydrogen-bond acceptors (Lipinski definition) is 4. The Morgan fingerprint density at radius 1 is 1.30 bits per heavy atom. The molecular weight excluding hydrogens is 414 g/mol. The molecular formula is C11H15Br2N3O3S. The van der Waals surface area contributed by atoms with Gasteiger partial charge in [-0.25, -0.2) is 17.9 Å². The average Bonchev–Trinajstić information content (AvgIpc) is 2.26. The third-order valence-corrected chi connectivity index (χ3v) is 5.54. The standard InChI is InChI=1S/C11H15Br2N3O3S/c1-2-3-4-15-11(17)16-20(18,19)10-8(12)5-7(14)6-9(10)13/h5-6H,2-4,14H2,1H3,(H2,15,16,17). The van der Waals surface area contributed by atoms with Gasteiger partial charge >= 0.3 is 6.03 Å². The molecule has 0 aliphatic heterocycles. The summed E-state index contributed by atoms with van der Waals surface area (Å²) in [5.74, 6) is 0. The van der Waals surface area contributed by atoms with Crippen molar-refractivity contribution in [2.75, 3.05) is 12.3 Å². The van der Waals surface area contributed by atoms with Crippen LogP contribution in [-0.2, 0) is 10.0 Å². The molecule has 112 valence electrons. The Balaban J connectivity index is 2.92. The molecule has 1 aromatic carbocycles. The van der Waals surface area contributed by atoms with Crippen molar-refractivity contribution in [2.45, 2.75) is 24.7 Å². The highest BCUT2D eigenvalue weighted by molar-refractivity contribution is 9.11. The Hall–Kier alpha value is -0.800. The van der Waals surface area contributed by atoms with Crippen molar-refractivity contribution in [3.05, 3.63) is 21.1 Å². The van der Waals surface area contributed by atoms with E-state index in [-0.39, 0.29) is 13.8 Å². The smallest absolute Gasteiger partial charge is 0.328 e. The monoisotopic (exact) mass is 427 g/mol. The second-order valence-electron chi connectivity index (χ2n) is 4.03. The number of urea groups is 1. The van der Waals surface area contributed by atoms with Gasteiger partial charge in [0.1, 0.15) is 4.90 Å². The van der Waals surface area contributed by atoms with Crippen LogP contribution in [0.25, 0.3) is 0 Å². The van der Waals surface area contributed by atoms with E-state index in [1.165, 1.54) is 12.1 Å². The lowest BCUT2D eigenvalue weighted by Gasteiger charge is -2.11. The lowest BCUT2D eigenvalue weighted by molar-refractivity contribution is 0.245. The van der Waals surface area contributed by atoms with Gasteiger partial charge in [-0.1, -0.05) is 13.3 Å². The first-order chi connectivity index (χ1) is 9.27. The second kappa shape index (κ2) is 7.28. The van der Waals surface area contributed by atoms with Gasteiger partial charge in [-0.15, -0.1) is 0 Å². The lowest BCUT2D eigenvalue weighted by Crippen LogP contribution is -2.40. The molecule has 9 heteroatoms. The van der Waals surface area contributed by atoms with Gasteiger partial charge in [0.25, 0.3) is 10.0 Å². The third kappa shape index (κ3) is 4.64. The van der Waals surface area contributed by atoms with Crippen LogP contribution in [0.15, 0.2) is 26.0 Å². The number of nitrogen functional groups attached to an aromatic ring is 1. The zero-order chi connectivity index (χ0) is 15.3. The van der Waals surface area contributed by atoms with Crippen LogP contribution in [0.2, 0.25) is 0 Å². The lowest BCUT2D eigenvalue weighted by atomic mass is 10.3. The molecule has 0 atom stereocenters. The van der Waals surface area contributed by atoms with E-state index in [1.807, 2.05) is 11.6 Å². The number of unbranched alkanes of at least 4 members (excludes halogenated alkanes) is 1. The van der Waals surface area contributed by atoms with Crippen LogP contribution >= 0.6 is 31.9 Å². The van der Waals surface area contributed by atoms with Crippen LogP contribution in [0.5, 0.6) is 0 Å². The minimum atomic E-state index is -3.99. The molecule has 0 aliphatic rings. The summed E-state index contributed by atoms with van der Waals surface area (Å²) >= 11 is 6.25. The van der Waals surface area contributed by atoms with Crippen LogP contribution in [0.3, 0.4) is 0 Å². The van der Waals surface area contributed by atoms with E-state index in [0.29, 0.717) is 12.2 Å². The zero-order valence-electron chi connectivity index (χ0n) is 10.7. The Bertz CT molecular complexity index is 582. The largest absolute Gasteiger partial charge is 0.399 e. The fourth-order valence-corrected chi connectivity index (χ4v) is 4.97. The van der Waals surface area contributed by atoms with E-state index < -0.39 is 16.1 Å². The minimum absolute atomic E-state index is 0.0719. The zero-order valence-corrected chi connectivity index (χ0v) is 14.7. The van der Waals surface area contributed by atoms with Crippen molar-refractivity contribution in [1.82, 2.24) is 10.0 Å². The van der Waals surface area contributed by atoms with Gasteiger partial charge in [-0.3, -0.25) is 0 Å². The van der Waals surface area contributed by atoms with Crippen LogP contribution in [0, 0.1) is 0 Å². The summed E-state index contributed by atoms with van der Waals surface area (Å²) in [4.78, 5) is 11.5. The highest BCUT2D eigenvalue weighted by Gasteiger charge is 2.23. The molecule has 0 unspecified atom stereocenters. The maximum absolute atomic E-state index is 12.2. The van der Waals surface area contributed by atoms with E-state index in [9.17, 15) is 13.2 Å². The molecule has 0 saturated carbocycles. The van der Waals surface area contributed by atoms with Crippen molar-refractivity contribution in [1.29, 1.82) is 0 Å². The van der Waals surface area contributed by atoms with Gasteiger partial charge in [0.15, 0.2) is 0 Å². The van der Waals surface area contributed by atoms with E-state index in [4.69, 9.17) is 5.73 Å². The summed E-state index contributed by atoms with van der Waals surface area (Å²) in [5, 5.41) is 2.48. The number of amides is 2. The Kier molecular flexibility index (Phi) is 6.28. The summed E-state index contributed by atoms with van der Waals surface area (Å²) in [6.45, 7) is 2.39. The SMILES string of the molecule is CCCCNC(=O)NS(=O)(=O)c1c(Br)cc(N)cc1Br. The normalized spacial score (nSPS) is 11.2. The summed E-state index contributed by atoms with van der Waals surface area (Å²) in [6, 6.07) is 2.15. The fourth-order valence-electron chi connectivity index (χ4n) is 1.42. The third-order valence-electron chi connectivity index (χ3n) is 2.33. The first-order valence-electron chi connectivity index (χ1n) is 5.83. The summed E-state index contributed by atoms with van der Waals surface area (Å²) in [5.41, 5.74) is 6.00. The number of nitrogens with one attached hydrogen (secondary N) is 2. The number of halogens is 2. The number of anilines is 1. The van der Waals surface area contributed by atoms with Crippen molar-refractivity contribution in [3.8, 4) is 0 Å². The van der Waals surface area contributed by atoms with Crippen LogP contribution < -0.4 is 15.8 Å². The maximum atomic E-state index is 12.2. The Morgan fingerprint density at radius 3 is 2.35 bits per heavy atom. The van der Waals surface area contributed by atoms with Crippen LogP contribution in [0.4, 0.5) is 10.5 Å². The second-order valence-corrected chi connectivity index (χ2v) is 7.36. The Labute approximate surface area is 134 Å². The predicted molar refractivity (Wildman–Crippen MR) is 84.9 cm³/mol. The molecule has 4 N–H and O–H groups in total. The Morgan fingerprint density at radius 2 is 1.85 bits per heavy atom. The van der Waals surface area contributed by atoms with E-state index in [0.717, 1.165) is 12.8 Å². The first kappa shape index (κ1) is 17.3. The summed E-state index contributed by atoms with van der Waals surface area (Å²) in [7, 11) is -3.99. The van der Waals surface area contributed by atoms with Gasteiger partial charge in [0, 0.05) is 21.2 Å². The molecule has 1 aromatic rings. The van der Waals surface area contributed by atoms with Gasteiger partial charge < -0.3 is 11.1 Å². The maximum Gasteiger partial charge on any atom is 0.328 e. The van der Waals surface area contributed by atoms with Gasteiger partial charge in [0.05, 0.1) is 0 Å². The molecule has 0 bridgehead atoms. The molecule has 0 fully saturated rings. The van der Waals surface area contributed by atoms with E-state index in [1.54, 1.807) is 0 Å². The number of hydrogen-bond donors (Lipinski definition) is 3. The van der Waals surface area contributed by atoms with Crippen molar-refractivity contribution in [2.24, 2.45) is 0 Å². The van der Waals surface area contributed by atoms with Crippen molar-refractivity contribution in [3.63, 3.8) is 0 Å². The highest BCUT2D eigenvalue weighted by Crippen LogP contribution is 2.32. The van der Waals surface area contributed by atoms with Crippen LogP contribution in [0.1, 0.15) is 19.8 Å². The fraction of sp³-hybridized carbons (Fsp3) is 0.364. The average molecular weight is 429 g/mol. The molecule has 2 amide bonds. The molecule has 0 aliphatic carbocycles. The molecule has 0 radical (unpaired) electrons. The molecule has 1 rings (SSSR count). The van der Waals surface area contributed by atoms with Gasteiger partial charge in [-0.05, 0) is 50.4 Å². The van der Waals surface area contributed by atoms with Gasteiger partial charge in [0.2, 0.25) is 0 Å². The summed E-state index contributed by atoms with van der Waals surface area (Å²) in [6.07, 6.45) is 1.69. The summed E-state index contributed by atoms with van der Waals surface area (Å²) < 4.78 is 26.8. The molecule has 20 heavy (non-hydrogen) atoms. The molecule has 0 aromatic heterocycles. The number of sulfonamides is 1. The van der Waals surface area contributed by atoms with E-state index in [2.05, 4.69) is 37.2 Å². The van der Waals surface area contributed by atoms with Crippen LogP contribution in [-0.4, -0.2) is 21.0 Å². The molecule has 0 saturated heterocycles. The molecule has 6 nitrogen and oxygen atoms in total. The number of rotatable bonds is 5. The topological polar surface area (TPSA) is 101 Å². The molecule has 0 heterocycles. The van der Waals surface area contributed by atoms with E-state index >= 15 is 0 Å². The predicted octanol–water partition coefficient (Wildman–Crippen LogP) is 2.58. The van der Waals surface area contributed by atoms with Crippen molar-refractivity contribution >= 4 is 53.6 Å². The quantitative estimate of drug-likeness (QED) is 0.495. The highest BCUT2D eigenvalue weighted by atomic mass is 79.9.